The predicted molar refractivity (Wildman–Crippen MR) is 120 cm³/mol. The van der Waals surface area contributed by atoms with E-state index >= 15 is 0 Å². The molecule has 0 bridgehead atoms. The van der Waals surface area contributed by atoms with Crippen LogP contribution < -0.4 is 14.9 Å². The molecule has 6 heteroatoms. The van der Waals surface area contributed by atoms with Crippen molar-refractivity contribution in [2.45, 2.75) is 6.61 Å². The van der Waals surface area contributed by atoms with Crippen LogP contribution in [-0.4, -0.2) is 23.7 Å². The summed E-state index contributed by atoms with van der Waals surface area (Å²) in [5, 5.41) is 4.98. The molecule has 0 aliphatic heterocycles. The number of hydrazone groups is 1. The van der Waals surface area contributed by atoms with Gasteiger partial charge in [0.2, 0.25) is 0 Å². The van der Waals surface area contributed by atoms with Crippen molar-refractivity contribution in [2.75, 3.05) is 6.61 Å². The number of benzene rings is 3. The molecule has 0 radical (unpaired) electrons. The first-order valence-corrected chi connectivity index (χ1v) is 9.84. The van der Waals surface area contributed by atoms with Gasteiger partial charge in [-0.25, -0.2) is 5.43 Å². The summed E-state index contributed by atoms with van der Waals surface area (Å²) in [4.78, 5) is 16.4. The molecule has 1 heterocycles. The van der Waals surface area contributed by atoms with Crippen LogP contribution in [0.3, 0.4) is 0 Å². The lowest BCUT2D eigenvalue weighted by Gasteiger charge is -2.09. The minimum Gasteiger partial charge on any atom is -0.488 e. The highest BCUT2D eigenvalue weighted by molar-refractivity contribution is 5.86. The summed E-state index contributed by atoms with van der Waals surface area (Å²) >= 11 is 0. The molecular formula is C25H21N3O3. The quantitative estimate of drug-likeness (QED) is 0.346. The Balaban J connectivity index is 1.32. The van der Waals surface area contributed by atoms with E-state index in [1.54, 1.807) is 18.5 Å². The van der Waals surface area contributed by atoms with E-state index in [0.717, 1.165) is 16.5 Å². The van der Waals surface area contributed by atoms with Crippen LogP contribution in [0.15, 0.2) is 96.2 Å². The summed E-state index contributed by atoms with van der Waals surface area (Å²) in [6.45, 7) is 0.282. The first kappa shape index (κ1) is 20.1. The van der Waals surface area contributed by atoms with Crippen LogP contribution in [0.25, 0.3) is 10.9 Å². The molecule has 0 fully saturated rings. The van der Waals surface area contributed by atoms with Crippen molar-refractivity contribution in [2.24, 2.45) is 5.10 Å². The molecule has 3 aromatic carbocycles. The number of amides is 1. The van der Waals surface area contributed by atoms with Gasteiger partial charge in [-0.2, -0.15) is 5.10 Å². The maximum absolute atomic E-state index is 12.1. The van der Waals surface area contributed by atoms with E-state index in [2.05, 4.69) is 15.5 Å². The molecule has 154 valence electrons. The zero-order chi connectivity index (χ0) is 21.3. The van der Waals surface area contributed by atoms with Gasteiger partial charge in [-0.05, 0) is 29.8 Å². The number of rotatable bonds is 8. The summed E-state index contributed by atoms with van der Waals surface area (Å²) in [5.41, 5.74) is 5.03. The van der Waals surface area contributed by atoms with Gasteiger partial charge in [0.1, 0.15) is 23.6 Å². The van der Waals surface area contributed by atoms with Crippen LogP contribution in [-0.2, 0) is 11.4 Å². The number of nitrogens with one attached hydrogen (secondary N) is 1. The number of hydrogen-bond donors (Lipinski definition) is 1. The zero-order valence-corrected chi connectivity index (χ0v) is 16.8. The number of pyridine rings is 1. The fourth-order valence-corrected chi connectivity index (χ4v) is 3.00. The number of ether oxygens (including phenoxy) is 2. The number of carbonyl (C=O) groups excluding carboxylic acids is 1. The third-order valence-electron chi connectivity index (χ3n) is 4.50. The number of para-hydroxylation sites is 2. The van der Waals surface area contributed by atoms with Crippen molar-refractivity contribution >= 4 is 23.0 Å². The molecule has 1 aromatic heterocycles. The predicted octanol–water partition coefficient (Wildman–Crippen LogP) is 4.34. The molecular weight excluding hydrogens is 390 g/mol. The third kappa shape index (κ3) is 5.45. The van der Waals surface area contributed by atoms with Gasteiger partial charge in [0.05, 0.1) is 6.21 Å². The molecule has 6 nitrogen and oxygen atoms in total. The van der Waals surface area contributed by atoms with Crippen LogP contribution in [0.5, 0.6) is 11.5 Å². The number of nitrogens with zero attached hydrogens (tertiary/aromatic N) is 2. The molecule has 4 aromatic rings. The highest BCUT2D eigenvalue weighted by Crippen LogP contribution is 2.22. The summed E-state index contributed by atoms with van der Waals surface area (Å²) in [6.07, 6.45) is 3.24. The Bertz CT molecular complexity index is 1190. The summed E-state index contributed by atoms with van der Waals surface area (Å²) < 4.78 is 11.5. The molecule has 4 rings (SSSR count). The van der Waals surface area contributed by atoms with Crippen molar-refractivity contribution in [1.29, 1.82) is 0 Å². The van der Waals surface area contributed by atoms with E-state index in [-0.39, 0.29) is 12.5 Å². The second-order valence-electron chi connectivity index (χ2n) is 6.73. The largest absolute Gasteiger partial charge is 0.488 e. The first-order valence-electron chi connectivity index (χ1n) is 9.84. The van der Waals surface area contributed by atoms with Crippen molar-refractivity contribution in [3.63, 3.8) is 0 Å². The van der Waals surface area contributed by atoms with Crippen LogP contribution in [0.4, 0.5) is 0 Å². The zero-order valence-electron chi connectivity index (χ0n) is 16.8. The monoisotopic (exact) mass is 411 g/mol. The second-order valence-corrected chi connectivity index (χ2v) is 6.73. The average Bonchev–Trinajstić information content (AvgIpc) is 2.83. The van der Waals surface area contributed by atoms with Crippen LogP contribution >= 0.6 is 0 Å². The summed E-state index contributed by atoms with van der Waals surface area (Å²) in [7, 11) is 0. The van der Waals surface area contributed by atoms with Gasteiger partial charge in [0, 0.05) is 17.1 Å². The van der Waals surface area contributed by atoms with Crippen molar-refractivity contribution < 1.29 is 14.3 Å². The summed E-state index contributed by atoms with van der Waals surface area (Å²) in [5.74, 6) is 0.867. The highest BCUT2D eigenvalue weighted by atomic mass is 16.5. The van der Waals surface area contributed by atoms with Crippen molar-refractivity contribution in [1.82, 2.24) is 10.4 Å². The van der Waals surface area contributed by atoms with Crippen LogP contribution in [0.1, 0.15) is 11.1 Å². The van der Waals surface area contributed by atoms with Gasteiger partial charge in [-0.15, -0.1) is 0 Å². The SMILES string of the molecule is O=C(COc1cccc2cccnc12)N/N=C\c1ccccc1OCc1ccccc1. The normalized spacial score (nSPS) is 10.8. The molecule has 0 saturated carbocycles. The first-order chi connectivity index (χ1) is 15.3. The van der Waals surface area contributed by atoms with Gasteiger partial charge in [-0.1, -0.05) is 60.7 Å². The Kier molecular flexibility index (Phi) is 6.50. The molecule has 0 aliphatic rings. The number of carbonyl (C=O) groups is 1. The van der Waals surface area contributed by atoms with Gasteiger partial charge in [0.25, 0.3) is 5.91 Å². The van der Waals surface area contributed by atoms with Crippen molar-refractivity contribution in [3.05, 3.63) is 102 Å². The van der Waals surface area contributed by atoms with Gasteiger partial charge in [0.15, 0.2) is 6.61 Å². The van der Waals surface area contributed by atoms with E-state index in [1.165, 1.54) is 0 Å². The minimum atomic E-state index is -0.369. The molecule has 0 aliphatic carbocycles. The lowest BCUT2D eigenvalue weighted by Crippen LogP contribution is -2.24. The maximum atomic E-state index is 12.1. The van der Waals surface area contributed by atoms with E-state index in [1.807, 2.05) is 78.9 Å². The maximum Gasteiger partial charge on any atom is 0.277 e. The van der Waals surface area contributed by atoms with E-state index in [9.17, 15) is 4.79 Å². The Morgan fingerprint density at radius 3 is 2.55 bits per heavy atom. The molecule has 0 saturated heterocycles. The molecule has 1 amide bonds. The van der Waals surface area contributed by atoms with E-state index in [0.29, 0.717) is 23.6 Å². The fraction of sp³-hybridized carbons (Fsp3) is 0.0800. The topological polar surface area (TPSA) is 72.8 Å². The third-order valence-corrected chi connectivity index (χ3v) is 4.50. The number of hydrogen-bond acceptors (Lipinski definition) is 5. The van der Waals surface area contributed by atoms with Crippen LogP contribution in [0, 0.1) is 0 Å². The fourth-order valence-electron chi connectivity index (χ4n) is 3.00. The molecule has 0 atom stereocenters. The van der Waals surface area contributed by atoms with E-state index < -0.39 is 0 Å². The smallest absolute Gasteiger partial charge is 0.277 e. The Morgan fingerprint density at radius 2 is 1.65 bits per heavy atom. The Hall–Kier alpha value is -4.19. The minimum absolute atomic E-state index is 0.167. The molecule has 1 N–H and O–H groups in total. The lowest BCUT2D eigenvalue weighted by molar-refractivity contribution is -0.123. The standard InChI is InChI=1S/C25H21N3O3/c29-24(18-31-23-14-6-11-20-12-7-15-26-25(20)23)28-27-16-21-10-4-5-13-22(21)30-17-19-8-2-1-3-9-19/h1-16H,17-18H2,(H,28,29)/b27-16-. The number of aromatic nitrogens is 1. The lowest BCUT2D eigenvalue weighted by atomic mass is 10.2. The Morgan fingerprint density at radius 1 is 0.871 bits per heavy atom. The van der Waals surface area contributed by atoms with Gasteiger partial charge >= 0.3 is 0 Å². The molecule has 31 heavy (non-hydrogen) atoms. The van der Waals surface area contributed by atoms with Crippen molar-refractivity contribution in [3.8, 4) is 11.5 Å². The van der Waals surface area contributed by atoms with Crippen LogP contribution in [0.2, 0.25) is 0 Å². The second kappa shape index (κ2) is 10.0. The Labute approximate surface area is 180 Å². The van der Waals surface area contributed by atoms with Gasteiger partial charge in [-0.3, -0.25) is 9.78 Å². The average molecular weight is 411 g/mol. The molecule has 0 unspecified atom stereocenters. The van der Waals surface area contributed by atoms with Gasteiger partial charge < -0.3 is 9.47 Å². The molecule has 0 spiro atoms. The summed E-state index contributed by atoms with van der Waals surface area (Å²) in [6, 6.07) is 26.8. The highest BCUT2D eigenvalue weighted by Gasteiger charge is 2.06. The van der Waals surface area contributed by atoms with E-state index in [4.69, 9.17) is 9.47 Å². The number of fused-ring (bicyclic) bond motifs is 1.